The molecule has 1 aliphatic heterocycles. The molecular weight excluding hydrogens is 530 g/mol. The number of carbonyl (C=O) groups is 3. The summed E-state index contributed by atoms with van der Waals surface area (Å²) in [5, 5.41) is 5.75. The maximum Gasteiger partial charge on any atom is 0.338 e. The van der Waals surface area contributed by atoms with E-state index < -0.39 is 12.0 Å². The molecule has 1 aromatic heterocycles. The molecule has 1 fully saturated rings. The van der Waals surface area contributed by atoms with Gasteiger partial charge >= 0.3 is 5.97 Å². The molecular formula is C27H26ClN3O4S2. The van der Waals surface area contributed by atoms with Gasteiger partial charge in [0.25, 0.3) is 5.91 Å². The number of hydrogen-bond acceptors (Lipinski definition) is 6. The van der Waals surface area contributed by atoms with Gasteiger partial charge in [-0.3, -0.25) is 14.5 Å². The summed E-state index contributed by atoms with van der Waals surface area (Å²) in [6.45, 7) is 4.55. The lowest BCUT2D eigenvalue weighted by Crippen LogP contribution is -2.39. The third-order valence-electron chi connectivity index (χ3n) is 6.01. The molecule has 0 radical (unpaired) electrons. The predicted octanol–water partition coefficient (Wildman–Crippen LogP) is 5.46. The summed E-state index contributed by atoms with van der Waals surface area (Å²) in [5.74, 6) is -1.03. The number of nitrogens with one attached hydrogen (secondary N) is 1. The Morgan fingerprint density at radius 3 is 2.43 bits per heavy atom. The zero-order valence-electron chi connectivity index (χ0n) is 20.4. The minimum absolute atomic E-state index is 0.0670. The Bertz CT molecular complexity index is 1310. The van der Waals surface area contributed by atoms with Gasteiger partial charge in [-0.1, -0.05) is 11.6 Å². The highest BCUT2D eigenvalue weighted by atomic mass is 35.5. The van der Waals surface area contributed by atoms with Gasteiger partial charge in [0, 0.05) is 22.1 Å². The second-order valence-electron chi connectivity index (χ2n) is 8.47. The van der Waals surface area contributed by atoms with Crippen molar-refractivity contribution >= 4 is 69.4 Å². The lowest BCUT2D eigenvalue weighted by Gasteiger charge is -2.24. The fraction of sp³-hybridized carbons (Fsp3) is 0.259. The molecule has 2 amide bonds. The molecule has 3 aromatic rings. The molecule has 1 aliphatic rings. The smallest absolute Gasteiger partial charge is 0.338 e. The molecule has 0 saturated carbocycles. The minimum atomic E-state index is -0.759. The molecule has 192 valence electrons. The summed E-state index contributed by atoms with van der Waals surface area (Å²) in [6, 6.07) is 14.6. The summed E-state index contributed by atoms with van der Waals surface area (Å²) in [7, 11) is 0. The number of benzene rings is 2. The van der Waals surface area contributed by atoms with Crippen molar-refractivity contribution in [2.45, 2.75) is 32.7 Å². The van der Waals surface area contributed by atoms with Gasteiger partial charge in [0.05, 0.1) is 24.3 Å². The van der Waals surface area contributed by atoms with E-state index in [1.807, 2.05) is 17.2 Å². The van der Waals surface area contributed by atoms with E-state index in [4.69, 9.17) is 28.6 Å². The van der Waals surface area contributed by atoms with E-state index in [9.17, 15) is 14.4 Å². The van der Waals surface area contributed by atoms with Gasteiger partial charge in [0.1, 0.15) is 6.04 Å². The maximum atomic E-state index is 13.6. The number of hydrogen-bond donors (Lipinski definition) is 1. The molecule has 7 nitrogen and oxygen atoms in total. The van der Waals surface area contributed by atoms with E-state index in [0.717, 1.165) is 0 Å². The van der Waals surface area contributed by atoms with E-state index in [2.05, 4.69) is 11.4 Å². The number of halogens is 1. The largest absolute Gasteiger partial charge is 0.462 e. The molecule has 37 heavy (non-hydrogen) atoms. The summed E-state index contributed by atoms with van der Waals surface area (Å²) in [6.07, 6.45) is 0.629. The molecule has 2 aromatic carbocycles. The van der Waals surface area contributed by atoms with Crippen LogP contribution in [0, 0.1) is 6.92 Å². The zero-order chi connectivity index (χ0) is 26.5. The number of anilines is 2. The number of rotatable bonds is 9. The Morgan fingerprint density at radius 2 is 1.81 bits per heavy atom. The normalized spacial score (nSPS) is 15.3. The third-order valence-corrected chi connectivity index (χ3v) is 7.76. The average Bonchev–Trinajstić information content (AvgIpc) is 3.39. The summed E-state index contributed by atoms with van der Waals surface area (Å²) >= 11 is 13.3. The number of thiocarbonyl (C=S) groups is 1. The van der Waals surface area contributed by atoms with E-state index >= 15 is 0 Å². The third kappa shape index (κ3) is 6.18. The van der Waals surface area contributed by atoms with Crippen LogP contribution >= 0.6 is 35.2 Å². The Balaban J connectivity index is 1.56. The van der Waals surface area contributed by atoms with Crippen molar-refractivity contribution in [3.8, 4) is 0 Å². The van der Waals surface area contributed by atoms with Crippen LogP contribution in [-0.4, -0.2) is 47.0 Å². The Labute approximate surface area is 230 Å². The van der Waals surface area contributed by atoms with Crippen LogP contribution in [-0.2, 0) is 20.7 Å². The molecule has 0 unspecified atom stereocenters. The van der Waals surface area contributed by atoms with Gasteiger partial charge in [0.2, 0.25) is 5.91 Å². The first kappa shape index (κ1) is 26.8. The van der Waals surface area contributed by atoms with Crippen LogP contribution in [0.15, 0.2) is 60.0 Å². The molecule has 4 rings (SSSR count). The van der Waals surface area contributed by atoms with Crippen LogP contribution in [0.4, 0.5) is 11.4 Å². The van der Waals surface area contributed by atoms with Crippen LogP contribution in [0.1, 0.15) is 34.1 Å². The van der Waals surface area contributed by atoms with E-state index in [1.165, 1.54) is 15.3 Å². The number of esters is 1. The first-order valence-electron chi connectivity index (χ1n) is 11.8. The van der Waals surface area contributed by atoms with Gasteiger partial charge in [-0.25, -0.2) is 4.79 Å². The quantitative estimate of drug-likeness (QED) is 0.279. The maximum absolute atomic E-state index is 13.6. The van der Waals surface area contributed by atoms with Crippen molar-refractivity contribution in [1.82, 2.24) is 4.90 Å². The van der Waals surface area contributed by atoms with E-state index in [-0.39, 0.29) is 24.8 Å². The molecule has 0 bridgehead atoms. The second-order valence-corrected chi connectivity index (χ2v) is 10.3. The lowest BCUT2D eigenvalue weighted by molar-refractivity contribution is -0.124. The van der Waals surface area contributed by atoms with Gasteiger partial charge in [-0.05, 0) is 98.0 Å². The number of aryl methyl sites for hydroxylation is 1. The first-order valence-corrected chi connectivity index (χ1v) is 13.4. The van der Waals surface area contributed by atoms with Crippen molar-refractivity contribution < 1.29 is 19.1 Å². The van der Waals surface area contributed by atoms with Crippen LogP contribution in [0.25, 0.3) is 0 Å². The standard InChI is InChI=1S/C27H26ClN3O4S2/c1-3-35-26(34)18-4-10-21(11-5-18)31-25(33)22(16-24(32)29-20-8-6-19(28)7-9-20)30(27(31)36)14-12-23-17(2)13-15-37-23/h4-11,13,15,22H,3,12,14,16H2,1-2H3,(H,29,32)/t22-/m1/s1. The monoisotopic (exact) mass is 555 g/mol. The molecule has 1 N–H and O–H groups in total. The molecule has 0 aliphatic carbocycles. The fourth-order valence-electron chi connectivity index (χ4n) is 4.09. The van der Waals surface area contributed by atoms with Crippen LogP contribution in [0.3, 0.4) is 0 Å². The topological polar surface area (TPSA) is 78.9 Å². The Morgan fingerprint density at radius 1 is 1.11 bits per heavy atom. The fourth-order valence-corrected chi connectivity index (χ4v) is 5.53. The lowest BCUT2D eigenvalue weighted by atomic mass is 10.1. The summed E-state index contributed by atoms with van der Waals surface area (Å²) in [4.78, 5) is 43.0. The molecule has 2 heterocycles. The zero-order valence-corrected chi connectivity index (χ0v) is 22.8. The van der Waals surface area contributed by atoms with Crippen molar-refractivity contribution in [1.29, 1.82) is 0 Å². The van der Waals surface area contributed by atoms with Gasteiger partial charge < -0.3 is 15.0 Å². The van der Waals surface area contributed by atoms with Gasteiger partial charge in [0.15, 0.2) is 5.11 Å². The minimum Gasteiger partial charge on any atom is -0.462 e. The van der Waals surface area contributed by atoms with Crippen molar-refractivity contribution in [2.24, 2.45) is 0 Å². The highest BCUT2D eigenvalue weighted by molar-refractivity contribution is 7.80. The van der Waals surface area contributed by atoms with Crippen LogP contribution in [0.2, 0.25) is 5.02 Å². The Hall–Kier alpha value is -3.27. The van der Waals surface area contributed by atoms with E-state index in [0.29, 0.717) is 40.0 Å². The highest BCUT2D eigenvalue weighted by Gasteiger charge is 2.44. The molecule has 1 saturated heterocycles. The average molecular weight is 556 g/mol. The van der Waals surface area contributed by atoms with E-state index in [1.54, 1.807) is 66.8 Å². The first-order chi connectivity index (χ1) is 17.8. The number of thiophene rings is 1. The summed E-state index contributed by atoms with van der Waals surface area (Å²) < 4.78 is 5.04. The number of ether oxygens (including phenoxy) is 1. The van der Waals surface area contributed by atoms with Gasteiger partial charge in [-0.15, -0.1) is 11.3 Å². The Kier molecular flexibility index (Phi) is 8.58. The highest BCUT2D eigenvalue weighted by Crippen LogP contribution is 2.29. The molecule has 1 atom stereocenters. The second kappa shape index (κ2) is 11.9. The van der Waals surface area contributed by atoms with Crippen LogP contribution < -0.4 is 10.2 Å². The predicted molar refractivity (Wildman–Crippen MR) is 150 cm³/mol. The number of carbonyl (C=O) groups excluding carboxylic acids is 3. The molecule has 0 spiro atoms. The van der Waals surface area contributed by atoms with Crippen LogP contribution in [0.5, 0.6) is 0 Å². The number of nitrogens with zero attached hydrogens (tertiary/aromatic N) is 2. The molecule has 10 heteroatoms. The van der Waals surface area contributed by atoms with Crippen molar-refractivity contribution in [2.75, 3.05) is 23.4 Å². The van der Waals surface area contributed by atoms with Crippen molar-refractivity contribution in [3.05, 3.63) is 81.0 Å². The van der Waals surface area contributed by atoms with Crippen molar-refractivity contribution in [3.63, 3.8) is 0 Å². The summed E-state index contributed by atoms with van der Waals surface area (Å²) in [5.41, 5.74) is 2.69. The van der Waals surface area contributed by atoms with Gasteiger partial charge in [-0.2, -0.15) is 0 Å². The number of amides is 2. The SMILES string of the molecule is CCOC(=O)c1ccc(N2C(=O)[C@@H](CC(=O)Nc3ccc(Cl)cc3)N(CCc3sccc3C)C2=S)cc1.